The van der Waals surface area contributed by atoms with Gasteiger partial charge in [-0.1, -0.05) is 27.5 Å². The Hall–Kier alpha value is -2.06. The molecule has 3 N–H and O–H groups in total. The van der Waals surface area contributed by atoms with Crippen molar-refractivity contribution in [2.75, 3.05) is 29.6 Å². The monoisotopic (exact) mass is 520 g/mol. The Morgan fingerprint density at radius 2 is 1.81 bits per heavy atom. The van der Waals surface area contributed by atoms with Crippen molar-refractivity contribution in [2.45, 2.75) is 63.5 Å². The van der Waals surface area contributed by atoms with Crippen molar-refractivity contribution in [1.29, 1.82) is 0 Å². The molecular formula is C23H30BrClN6O. The van der Waals surface area contributed by atoms with Gasteiger partial charge in [0, 0.05) is 36.2 Å². The molecule has 0 bridgehead atoms. The fourth-order valence-corrected chi connectivity index (χ4v) is 5.23. The lowest BCUT2D eigenvalue weighted by atomic mass is 9.91. The lowest BCUT2D eigenvalue weighted by molar-refractivity contribution is 0.243. The third kappa shape index (κ3) is 5.64. The second-order valence-electron chi connectivity index (χ2n) is 8.81. The highest BCUT2D eigenvalue weighted by molar-refractivity contribution is 9.10. The quantitative estimate of drug-likeness (QED) is 0.492. The van der Waals surface area contributed by atoms with Crippen molar-refractivity contribution in [3.63, 3.8) is 0 Å². The van der Waals surface area contributed by atoms with E-state index in [9.17, 15) is 4.79 Å². The van der Waals surface area contributed by atoms with E-state index in [-0.39, 0.29) is 12.1 Å². The molecule has 0 unspecified atom stereocenters. The number of hydrogen-bond donors (Lipinski definition) is 3. The SMILES string of the molecule is CN(C)c1nc(N[C@H]2CC[C@@H](NC(=O)Nc3ccc(Br)cc3Cl)CC2)nc2c1CCCC2. The molecule has 1 aromatic heterocycles. The van der Waals surface area contributed by atoms with Crippen molar-refractivity contribution in [2.24, 2.45) is 0 Å². The second-order valence-corrected chi connectivity index (χ2v) is 10.1. The number of urea groups is 1. The van der Waals surface area contributed by atoms with Gasteiger partial charge in [0.05, 0.1) is 16.4 Å². The van der Waals surface area contributed by atoms with E-state index in [0.717, 1.165) is 54.8 Å². The Labute approximate surface area is 202 Å². The van der Waals surface area contributed by atoms with E-state index in [1.165, 1.54) is 24.1 Å². The predicted molar refractivity (Wildman–Crippen MR) is 134 cm³/mol. The van der Waals surface area contributed by atoms with Gasteiger partial charge >= 0.3 is 6.03 Å². The number of hydrogen-bond acceptors (Lipinski definition) is 5. The van der Waals surface area contributed by atoms with Crippen molar-refractivity contribution < 1.29 is 4.79 Å². The second kappa shape index (κ2) is 10.3. The van der Waals surface area contributed by atoms with E-state index in [1.54, 1.807) is 12.1 Å². The number of halogens is 2. The summed E-state index contributed by atoms with van der Waals surface area (Å²) in [5.74, 6) is 1.77. The highest BCUT2D eigenvalue weighted by Crippen LogP contribution is 2.30. The van der Waals surface area contributed by atoms with Crippen LogP contribution in [0.3, 0.4) is 0 Å². The number of aromatic nitrogens is 2. The molecule has 1 saturated carbocycles. The Bertz CT molecular complexity index is 977. The van der Waals surface area contributed by atoms with Gasteiger partial charge in [-0.25, -0.2) is 9.78 Å². The molecule has 0 spiro atoms. The van der Waals surface area contributed by atoms with Crippen LogP contribution < -0.4 is 20.9 Å². The largest absolute Gasteiger partial charge is 0.362 e. The van der Waals surface area contributed by atoms with E-state index < -0.39 is 0 Å². The Morgan fingerprint density at radius 1 is 1.09 bits per heavy atom. The molecule has 1 aromatic carbocycles. The average Bonchev–Trinajstić information content (AvgIpc) is 2.76. The van der Waals surface area contributed by atoms with Gasteiger partial charge in [0.1, 0.15) is 5.82 Å². The highest BCUT2D eigenvalue weighted by atomic mass is 79.9. The van der Waals surface area contributed by atoms with Crippen LogP contribution in [0.5, 0.6) is 0 Å². The van der Waals surface area contributed by atoms with E-state index >= 15 is 0 Å². The van der Waals surface area contributed by atoms with E-state index in [2.05, 4.69) is 36.8 Å². The molecule has 2 aromatic rings. The maximum Gasteiger partial charge on any atom is 0.319 e. The number of nitrogens with one attached hydrogen (secondary N) is 3. The van der Waals surface area contributed by atoms with E-state index in [0.29, 0.717) is 16.8 Å². The first-order chi connectivity index (χ1) is 15.4. The van der Waals surface area contributed by atoms with E-state index in [4.69, 9.17) is 21.6 Å². The molecular weight excluding hydrogens is 492 g/mol. The van der Waals surface area contributed by atoms with Gasteiger partial charge in [-0.2, -0.15) is 4.98 Å². The number of amides is 2. The lowest BCUT2D eigenvalue weighted by Gasteiger charge is -2.30. The Balaban J connectivity index is 1.30. The van der Waals surface area contributed by atoms with Crippen LogP contribution in [0.25, 0.3) is 0 Å². The number of fused-ring (bicyclic) bond motifs is 1. The number of carbonyl (C=O) groups is 1. The van der Waals surface area contributed by atoms with Gasteiger partial charge in [0.15, 0.2) is 0 Å². The first-order valence-electron chi connectivity index (χ1n) is 11.3. The third-order valence-electron chi connectivity index (χ3n) is 6.16. The van der Waals surface area contributed by atoms with Gasteiger partial charge < -0.3 is 20.9 Å². The molecule has 0 saturated heterocycles. The maximum atomic E-state index is 12.4. The molecule has 0 atom stereocenters. The summed E-state index contributed by atoms with van der Waals surface area (Å²) in [6.07, 6.45) is 8.23. The summed E-state index contributed by atoms with van der Waals surface area (Å²) < 4.78 is 0.875. The van der Waals surface area contributed by atoms with Crippen LogP contribution in [0, 0.1) is 0 Å². The topological polar surface area (TPSA) is 82.2 Å². The summed E-state index contributed by atoms with van der Waals surface area (Å²) in [6, 6.07) is 5.63. The minimum Gasteiger partial charge on any atom is -0.362 e. The highest BCUT2D eigenvalue weighted by Gasteiger charge is 2.25. The van der Waals surface area contributed by atoms with Crippen LogP contribution in [0.4, 0.5) is 22.2 Å². The minimum atomic E-state index is -0.223. The summed E-state index contributed by atoms with van der Waals surface area (Å²) in [5.41, 5.74) is 3.09. The van der Waals surface area contributed by atoms with Crippen LogP contribution >= 0.6 is 27.5 Å². The van der Waals surface area contributed by atoms with Gasteiger partial charge in [-0.3, -0.25) is 0 Å². The smallest absolute Gasteiger partial charge is 0.319 e. The van der Waals surface area contributed by atoms with Gasteiger partial charge in [-0.15, -0.1) is 0 Å². The molecule has 172 valence electrons. The number of aryl methyl sites for hydroxylation is 1. The zero-order valence-electron chi connectivity index (χ0n) is 18.5. The van der Waals surface area contributed by atoms with Gasteiger partial charge in [0.2, 0.25) is 5.95 Å². The molecule has 9 heteroatoms. The molecule has 4 rings (SSSR count). The summed E-state index contributed by atoms with van der Waals surface area (Å²) in [4.78, 5) is 24.1. The zero-order chi connectivity index (χ0) is 22.7. The Morgan fingerprint density at radius 3 is 2.53 bits per heavy atom. The number of anilines is 3. The number of nitrogens with zero attached hydrogens (tertiary/aromatic N) is 3. The summed E-state index contributed by atoms with van der Waals surface area (Å²) >= 11 is 9.56. The number of carbonyl (C=O) groups excluding carboxylic acids is 1. The molecule has 1 fully saturated rings. The molecule has 0 aliphatic heterocycles. The predicted octanol–water partition coefficient (Wildman–Crippen LogP) is 5.38. The molecule has 2 aliphatic carbocycles. The molecule has 0 radical (unpaired) electrons. The van der Waals surface area contributed by atoms with Crippen LogP contribution in [-0.4, -0.2) is 42.2 Å². The van der Waals surface area contributed by atoms with Crippen LogP contribution in [0.1, 0.15) is 49.8 Å². The fraction of sp³-hybridized carbons (Fsp3) is 0.522. The zero-order valence-corrected chi connectivity index (χ0v) is 20.9. The molecule has 32 heavy (non-hydrogen) atoms. The van der Waals surface area contributed by atoms with Crippen molar-refractivity contribution in [3.8, 4) is 0 Å². The summed E-state index contributed by atoms with van der Waals surface area (Å²) in [5, 5.41) is 9.97. The van der Waals surface area contributed by atoms with Gasteiger partial charge in [-0.05, 0) is 69.6 Å². The van der Waals surface area contributed by atoms with Crippen LogP contribution in [0.2, 0.25) is 5.02 Å². The van der Waals surface area contributed by atoms with Crippen molar-refractivity contribution in [3.05, 3.63) is 39.0 Å². The average molecular weight is 522 g/mol. The normalized spacial score (nSPS) is 20.2. The first-order valence-corrected chi connectivity index (χ1v) is 12.4. The van der Waals surface area contributed by atoms with Gasteiger partial charge in [0.25, 0.3) is 0 Å². The Kier molecular flexibility index (Phi) is 7.40. The summed E-state index contributed by atoms with van der Waals surface area (Å²) in [6.45, 7) is 0. The number of benzene rings is 1. The molecule has 1 heterocycles. The minimum absolute atomic E-state index is 0.143. The van der Waals surface area contributed by atoms with Crippen LogP contribution in [0.15, 0.2) is 22.7 Å². The summed E-state index contributed by atoms with van der Waals surface area (Å²) in [7, 11) is 4.09. The molecule has 7 nitrogen and oxygen atoms in total. The third-order valence-corrected chi connectivity index (χ3v) is 6.97. The molecule has 2 aliphatic rings. The number of rotatable bonds is 5. The molecule has 2 amide bonds. The van der Waals surface area contributed by atoms with Crippen molar-refractivity contribution in [1.82, 2.24) is 15.3 Å². The lowest BCUT2D eigenvalue weighted by Crippen LogP contribution is -2.42. The fourth-order valence-electron chi connectivity index (χ4n) is 4.51. The van der Waals surface area contributed by atoms with Crippen LogP contribution in [-0.2, 0) is 12.8 Å². The standard InChI is InChI=1S/C23H30BrClN6O/c1-31(2)21-17-5-3-4-6-19(17)28-22(30-21)26-15-8-10-16(11-9-15)27-23(32)29-20-12-7-14(24)13-18(20)25/h7,12-13,15-16H,3-6,8-11H2,1-2H3,(H,26,28,30)(H2,27,29,32)/t15-,16+. The maximum absolute atomic E-state index is 12.4. The van der Waals surface area contributed by atoms with E-state index in [1.807, 2.05) is 20.2 Å². The van der Waals surface area contributed by atoms with Crippen molar-refractivity contribution >= 4 is 51.0 Å². The first kappa shape index (κ1) is 23.1.